The Kier molecular flexibility index (Phi) is 4.90. The third-order valence-corrected chi connectivity index (χ3v) is 3.87. The van der Waals surface area contributed by atoms with Gasteiger partial charge in [0.15, 0.2) is 0 Å². The maximum atomic E-state index is 11.0. The SMILES string of the molecule is CC(NCc1ccc(Br)cc1[N+](=O)[O-])C1CCCO1. The fourth-order valence-electron chi connectivity index (χ4n) is 2.26. The Morgan fingerprint density at radius 3 is 3.05 bits per heavy atom. The Hall–Kier alpha value is -0.980. The van der Waals surface area contributed by atoms with Crippen LogP contribution in [0.1, 0.15) is 25.3 Å². The van der Waals surface area contributed by atoms with Crippen molar-refractivity contribution in [3.63, 3.8) is 0 Å². The minimum atomic E-state index is -0.349. The highest BCUT2D eigenvalue weighted by molar-refractivity contribution is 9.10. The van der Waals surface area contributed by atoms with Gasteiger partial charge in [-0.1, -0.05) is 15.9 Å². The minimum Gasteiger partial charge on any atom is -0.377 e. The monoisotopic (exact) mass is 328 g/mol. The smallest absolute Gasteiger partial charge is 0.275 e. The van der Waals surface area contributed by atoms with Gasteiger partial charge in [0.2, 0.25) is 0 Å². The van der Waals surface area contributed by atoms with Crippen LogP contribution in [0.3, 0.4) is 0 Å². The molecule has 1 aromatic carbocycles. The largest absolute Gasteiger partial charge is 0.377 e. The number of nitrogens with zero attached hydrogens (tertiary/aromatic N) is 1. The summed E-state index contributed by atoms with van der Waals surface area (Å²) in [7, 11) is 0. The van der Waals surface area contributed by atoms with Crippen LogP contribution in [0.25, 0.3) is 0 Å². The summed E-state index contributed by atoms with van der Waals surface area (Å²) in [6, 6.07) is 5.33. The van der Waals surface area contributed by atoms with E-state index in [4.69, 9.17) is 4.74 Å². The van der Waals surface area contributed by atoms with Crippen LogP contribution in [0, 0.1) is 10.1 Å². The summed E-state index contributed by atoms with van der Waals surface area (Å²) in [6.45, 7) is 3.35. The highest BCUT2D eigenvalue weighted by Crippen LogP contribution is 2.24. The quantitative estimate of drug-likeness (QED) is 0.666. The standard InChI is InChI=1S/C13H17BrN2O3/c1-9(13-3-2-6-19-13)15-8-10-4-5-11(14)7-12(10)16(17)18/h4-5,7,9,13,15H,2-3,6,8H2,1H3. The first-order valence-corrected chi connectivity index (χ1v) is 7.15. The fraction of sp³-hybridized carbons (Fsp3) is 0.538. The zero-order valence-corrected chi connectivity index (χ0v) is 12.4. The summed E-state index contributed by atoms with van der Waals surface area (Å²) in [4.78, 5) is 10.7. The number of hydrogen-bond donors (Lipinski definition) is 1. The van der Waals surface area contributed by atoms with E-state index in [1.54, 1.807) is 6.07 Å². The number of hydrogen-bond acceptors (Lipinski definition) is 4. The first-order valence-electron chi connectivity index (χ1n) is 6.35. The van der Waals surface area contributed by atoms with Crippen LogP contribution < -0.4 is 5.32 Å². The lowest BCUT2D eigenvalue weighted by Gasteiger charge is -2.20. The maximum Gasteiger partial charge on any atom is 0.275 e. The van der Waals surface area contributed by atoms with Gasteiger partial charge in [0, 0.05) is 35.3 Å². The van der Waals surface area contributed by atoms with Gasteiger partial charge in [-0.3, -0.25) is 10.1 Å². The second-order valence-corrected chi connectivity index (χ2v) is 5.67. The summed E-state index contributed by atoms with van der Waals surface area (Å²) >= 11 is 3.25. The van der Waals surface area contributed by atoms with E-state index in [0.717, 1.165) is 23.9 Å². The lowest BCUT2D eigenvalue weighted by Crippen LogP contribution is -2.36. The van der Waals surface area contributed by atoms with Crippen LogP contribution in [0.5, 0.6) is 0 Å². The topological polar surface area (TPSA) is 64.4 Å². The molecule has 1 N–H and O–H groups in total. The van der Waals surface area contributed by atoms with Gasteiger partial charge in [0.1, 0.15) is 0 Å². The Bertz CT molecular complexity index is 461. The van der Waals surface area contributed by atoms with E-state index in [2.05, 4.69) is 28.2 Å². The summed E-state index contributed by atoms with van der Waals surface area (Å²) in [5, 5.41) is 14.3. The van der Waals surface area contributed by atoms with E-state index in [1.807, 2.05) is 6.07 Å². The van der Waals surface area contributed by atoms with Gasteiger partial charge in [0.25, 0.3) is 5.69 Å². The Labute approximate surface area is 120 Å². The Balaban J connectivity index is 2.00. The number of rotatable bonds is 5. The highest BCUT2D eigenvalue weighted by atomic mass is 79.9. The molecule has 1 aliphatic heterocycles. The summed E-state index contributed by atoms with van der Waals surface area (Å²) in [5.74, 6) is 0. The third-order valence-electron chi connectivity index (χ3n) is 3.38. The average Bonchev–Trinajstić information content (AvgIpc) is 2.90. The van der Waals surface area contributed by atoms with E-state index in [1.165, 1.54) is 6.07 Å². The molecule has 1 fully saturated rings. The van der Waals surface area contributed by atoms with Crippen LogP contribution in [0.4, 0.5) is 5.69 Å². The van der Waals surface area contributed by atoms with E-state index in [0.29, 0.717) is 12.1 Å². The molecule has 104 valence electrons. The molecule has 0 spiro atoms. The molecule has 1 aliphatic rings. The molecular weight excluding hydrogens is 312 g/mol. The van der Waals surface area contributed by atoms with Crippen molar-refractivity contribution in [1.29, 1.82) is 0 Å². The van der Waals surface area contributed by atoms with Gasteiger partial charge in [0.05, 0.1) is 11.0 Å². The van der Waals surface area contributed by atoms with E-state index < -0.39 is 0 Å². The fourth-order valence-corrected chi connectivity index (χ4v) is 2.60. The lowest BCUT2D eigenvalue weighted by atomic mass is 10.1. The van der Waals surface area contributed by atoms with Crippen LogP contribution in [-0.2, 0) is 11.3 Å². The van der Waals surface area contributed by atoms with E-state index >= 15 is 0 Å². The number of nitro benzene ring substituents is 1. The molecule has 0 aromatic heterocycles. The van der Waals surface area contributed by atoms with Crippen molar-refractivity contribution in [3.8, 4) is 0 Å². The predicted molar refractivity (Wildman–Crippen MR) is 76.1 cm³/mol. The predicted octanol–water partition coefficient (Wildman–Crippen LogP) is 3.01. The van der Waals surface area contributed by atoms with Gasteiger partial charge in [-0.2, -0.15) is 0 Å². The summed E-state index contributed by atoms with van der Waals surface area (Å²) in [6.07, 6.45) is 2.36. The molecule has 5 nitrogen and oxygen atoms in total. The highest BCUT2D eigenvalue weighted by Gasteiger charge is 2.22. The van der Waals surface area contributed by atoms with Crippen molar-refractivity contribution in [2.75, 3.05) is 6.61 Å². The zero-order valence-electron chi connectivity index (χ0n) is 10.8. The number of ether oxygens (including phenoxy) is 1. The lowest BCUT2D eigenvalue weighted by molar-refractivity contribution is -0.385. The number of nitro groups is 1. The van der Waals surface area contributed by atoms with Crippen molar-refractivity contribution < 1.29 is 9.66 Å². The normalized spacial score (nSPS) is 20.4. The van der Waals surface area contributed by atoms with Gasteiger partial charge in [-0.25, -0.2) is 0 Å². The van der Waals surface area contributed by atoms with E-state index in [9.17, 15) is 10.1 Å². The molecule has 2 rings (SSSR count). The van der Waals surface area contributed by atoms with Gasteiger partial charge in [-0.05, 0) is 31.9 Å². The first-order chi connectivity index (χ1) is 9.08. The molecule has 0 bridgehead atoms. The minimum absolute atomic E-state index is 0.140. The molecule has 0 amide bonds. The molecule has 1 heterocycles. The molecule has 1 saturated heterocycles. The second-order valence-electron chi connectivity index (χ2n) is 4.75. The first kappa shape index (κ1) is 14.4. The van der Waals surface area contributed by atoms with Crippen molar-refractivity contribution in [2.24, 2.45) is 0 Å². The molecular formula is C13H17BrN2O3. The molecule has 19 heavy (non-hydrogen) atoms. The Morgan fingerprint density at radius 2 is 2.42 bits per heavy atom. The molecule has 1 aromatic rings. The second kappa shape index (κ2) is 6.45. The molecule has 2 unspecified atom stereocenters. The van der Waals surface area contributed by atoms with Gasteiger partial charge < -0.3 is 10.1 Å². The van der Waals surface area contributed by atoms with Gasteiger partial charge in [-0.15, -0.1) is 0 Å². The van der Waals surface area contributed by atoms with Gasteiger partial charge >= 0.3 is 0 Å². The molecule has 0 radical (unpaired) electrons. The van der Waals surface area contributed by atoms with Crippen molar-refractivity contribution in [3.05, 3.63) is 38.3 Å². The molecule has 0 saturated carbocycles. The van der Waals surface area contributed by atoms with Crippen LogP contribution in [0.15, 0.2) is 22.7 Å². The Morgan fingerprint density at radius 1 is 1.63 bits per heavy atom. The number of nitrogens with one attached hydrogen (secondary N) is 1. The zero-order chi connectivity index (χ0) is 13.8. The maximum absolute atomic E-state index is 11.0. The van der Waals surface area contributed by atoms with Crippen molar-refractivity contribution in [2.45, 2.75) is 38.5 Å². The van der Waals surface area contributed by atoms with Crippen LogP contribution in [-0.4, -0.2) is 23.7 Å². The molecule has 2 atom stereocenters. The van der Waals surface area contributed by atoms with Crippen LogP contribution in [0.2, 0.25) is 0 Å². The molecule has 0 aliphatic carbocycles. The van der Waals surface area contributed by atoms with Crippen molar-refractivity contribution >= 4 is 21.6 Å². The van der Waals surface area contributed by atoms with Crippen LogP contribution >= 0.6 is 15.9 Å². The average molecular weight is 329 g/mol. The summed E-state index contributed by atoms with van der Waals surface area (Å²) in [5.41, 5.74) is 0.833. The van der Waals surface area contributed by atoms with Crippen molar-refractivity contribution in [1.82, 2.24) is 5.32 Å². The van der Waals surface area contributed by atoms with E-state index in [-0.39, 0.29) is 22.8 Å². The third kappa shape index (κ3) is 3.75. The molecule has 6 heteroatoms. The number of halogens is 1. The summed E-state index contributed by atoms with van der Waals surface area (Å²) < 4.78 is 6.31. The number of benzene rings is 1.